The zero-order valence-corrected chi connectivity index (χ0v) is 21.3. The fourth-order valence-corrected chi connectivity index (χ4v) is 4.53. The molecule has 2 bridgehead atoms. The average molecular weight is 504 g/mol. The number of aromatic amines is 1. The third kappa shape index (κ3) is 4.54. The van der Waals surface area contributed by atoms with Crippen LogP contribution in [0.4, 0.5) is 0 Å². The van der Waals surface area contributed by atoms with E-state index in [9.17, 15) is 5.11 Å². The lowest BCUT2D eigenvalue weighted by Gasteiger charge is -2.20. The van der Waals surface area contributed by atoms with Crippen LogP contribution in [0.2, 0.25) is 0 Å². The van der Waals surface area contributed by atoms with E-state index in [0.29, 0.717) is 37.2 Å². The third-order valence-corrected chi connectivity index (χ3v) is 6.41. The highest BCUT2D eigenvalue weighted by Gasteiger charge is 2.23. The van der Waals surface area contributed by atoms with Crippen LogP contribution in [0, 0.1) is 18.3 Å². The molecule has 0 spiro atoms. The molecule has 0 fully saturated rings. The maximum absolute atomic E-state index is 9.89. The summed E-state index contributed by atoms with van der Waals surface area (Å²) in [6.07, 6.45) is 5.55. The molecular formula is C25H29N9O3. The van der Waals surface area contributed by atoms with Crippen molar-refractivity contribution in [2.45, 2.75) is 26.4 Å². The molecule has 1 atom stereocenters. The number of nitrogens with one attached hydrogen (secondary N) is 1. The van der Waals surface area contributed by atoms with Gasteiger partial charge in [-0.2, -0.15) is 15.5 Å². The first-order valence-electron chi connectivity index (χ1n) is 12.0. The maximum Gasteiger partial charge on any atom is 0.241 e. The minimum absolute atomic E-state index is 0.0925. The highest BCUT2D eigenvalue weighted by Crippen LogP contribution is 2.34. The molecule has 12 nitrogen and oxygen atoms in total. The van der Waals surface area contributed by atoms with Crippen LogP contribution >= 0.6 is 0 Å². The van der Waals surface area contributed by atoms with Gasteiger partial charge in [0.05, 0.1) is 58.3 Å². The van der Waals surface area contributed by atoms with Crippen molar-refractivity contribution in [2.24, 2.45) is 7.05 Å². The van der Waals surface area contributed by atoms with Gasteiger partial charge in [-0.3, -0.25) is 19.7 Å². The van der Waals surface area contributed by atoms with Gasteiger partial charge in [0.15, 0.2) is 6.61 Å². The fraction of sp³-hybridized carbons (Fsp3) is 0.400. The lowest BCUT2D eigenvalue weighted by atomic mass is 10.1. The van der Waals surface area contributed by atoms with Gasteiger partial charge in [-0.1, -0.05) is 0 Å². The molecule has 5 heterocycles. The Labute approximate surface area is 213 Å². The number of likely N-dealkylation sites (N-methyl/N-ethyl adjacent to an activating group) is 1. The predicted molar refractivity (Wildman–Crippen MR) is 137 cm³/mol. The summed E-state index contributed by atoms with van der Waals surface area (Å²) >= 11 is 0. The molecule has 12 heteroatoms. The van der Waals surface area contributed by atoms with Crippen LogP contribution in [0.1, 0.15) is 35.6 Å². The predicted octanol–water partition coefficient (Wildman–Crippen LogP) is 2.31. The van der Waals surface area contributed by atoms with Gasteiger partial charge in [0.2, 0.25) is 11.8 Å². The number of ether oxygens (including phenoxy) is 2. The second-order valence-corrected chi connectivity index (χ2v) is 9.12. The largest absolute Gasteiger partial charge is 0.476 e. The van der Waals surface area contributed by atoms with Crippen molar-refractivity contribution in [1.29, 1.82) is 5.26 Å². The van der Waals surface area contributed by atoms with E-state index in [4.69, 9.17) is 14.7 Å². The van der Waals surface area contributed by atoms with E-state index in [0.717, 1.165) is 39.1 Å². The molecule has 5 rings (SSSR count). The van der Waals surface area contributed by atoms with Crippen LogP contribution in [0.3, 0.4) is 0 Å². The Morgan fingerprint density at radius 1 is 1.30 bits per heavy atom. The number of nitriles is 1. The fourth-order valence-electron chi connectivity index (χ4n) is 4.53. The quantitative estimate of drug-likeness (QED) is 0.429. The minimum atomic E-state index is -0.284. The number of aryl methyl sites for hydroxylation is 2. The second-order valence-electron chi connectivity index (χ2n) is 9.12. The molecule has 0 unspecified atom stereocenters. The van der Waals surface area contributed by atoms with Crippen LogP contribution in [-0.2, 0) is 13.6 Å². The van der Waals surface area contributed by atoms with E-state index < -0.39 is 0 Å². The van der Waals surface area contributed by atoms with Gasteiger partial charge in [0.1, 0.15) is 12.7 Å². The van der Waals surface area contributed by atoms with Gasteiger partial charge >= 0.3 is 0 Å². The third-order valence-electron chi connectivity index (χ3n) is 6.41. The number of pyridine rings is 1. The van der Waals surface area contributed by atoms with E-state index in [-0.39, 0.29) is 19.3 Å². The average Bonchev–Trinajstić information content (AvgIpc) is 3.53. The standard InChI is InChI=1S/C25H29N9O3/c1-15(14-35)34-22-13-32(3)8-10-37-25-23(16(2)30-33(25)4)20-11-18-19(28-29-21(18)12-27-20)6-5-17(22)24(31-34)36-9-7-26/h5-6,11-12,15,35H,8-10,13-14H2,1-4H3,(H,28,29)/b6-5+/t15-/m0/s1. The van der Waals surface area contributed by atoms with E-state index in [1.165, 1.54) is 0 Å². The van der Waals surface area contributed by atoms with Crippen LogP contribution in [0.5, 0.6) is 11.8 Å². The van der Waals surface area contributed by atoms with Crippen LogP contribution in [-0.4, -0.2) is 78.2 Å². The summed E-state index contributed by atoms with van der Waals surface area (Å²) in [5.74, 6) is 0.985. The summed E-state index contributed by atoms with van der Waals surface area (Å²) in [5, 5.41) is 36.6. The number of nitrogens with zero attached hydrogens (tertiary/aromatic N) is 8. The highest BCUT2D eigenvalue weighted by atomic mass is 16.5. The van der Waals surface area contributed by atoms with Crippen LogP contribution in [0.15, 0.2) is 12.3 Å². The van der Waals surface area contributed by atoms with Crippen molar-refractivity contribution >= 4 is 23.1 Å². The number of rotatable bonds is 4. The number of hydrogen-bond donors (Lipinski definition) is 2. The Bertz CT molecular complexity index is 1510. The summed E-state index contributed by atoms with van der Waals surface area (Å²) in [5.41, 5.74) is 5.51. The van der Waals surface area contributed by atoms with Crippen molar-refractivity contribution in [2.75, 3.05) is 33.4 Å². The van der Waals surface area contributed by atoms with E-state index in [1.54, 1.807) is 15.6 Å². The van der Waals surface area contributed by atoms with Crippen molar-refractivity contribution < 1.29 is 14.6 Å². The topological polar surface area (TPSA) is 143 Å². The Morgan fingerprint density at radius 2 is 2.14 bits per heavy atom. The van der Waals surface area contributed by atoms with Gasteiger partial charge in [0, 0.05) is 25.5 Å². The molecule has 0 saturated heterocycles. The van der Waals surface area contributed by atoms with Crippen molar-refractivity contribution in [3.05, 3.63) is 34.9 Å². The first kappa shape index (κ1) is 24.5. The van der Waals surface area contributed by atoms with Crippen LogP contribution < -0.4 is 9.47 Å². The maximum atomic E-state index is 9.89. The zero-order chi connectivity index (χ0) is 26.1. The molecule has 0 radical (unpaired) electrons. The molecule has 1 aliphatic rings. The molecule has 4 aromatic rings. The normalized spacial score (nSPS) is 15.8. The highest BCUT2D eigenvalue weighted by molar-refractivity contribution is 5.92. The SMILES string of the molecule is Cc1nn(C)c2c1-c1cc3c(n[nH]c3cn1)/C=C/c1c(OCC#N)nn([C@@H](C)CO)c1CN(C)CCO2. The van der Waals surface area contributed by atoms with Gasteiger partial charge in [-0.25, -0.2) is 4.68 Å². The summed E-state index contributed by atoms with van der Waals surface area (Å²) in [6.45, 7) is 5.15. The number of hydrogen-bond acceptors (Lipinski definition) is 9. The van der Waals surface area contributed by atoms with Crippen molar-refractivity contribution in [3.63, 3.8) is 0 Å². The molecule has 0 aliphatic carbocycles. The summed E-state index contributed by atoms with van der Waals surface area (Å²) in [6, 6.07) is 3.70. The van der Waals surface area contributed by atoms with Gasteiger partial charge in [0.25, 0.3) is 0 Å². The van der Waals surface area contributed by atoms with E-state index in [1.807, 2.05) is 52.2 Å². The molecule has 4 aromatic heterocycles. The van der Waals surface area contributed by atoms with Gasteiger partial charge < -0.3 is 14.6 Å². The van der Waals surface area contributed by atoms with Crippen molar-refractivity contribution in [1.82, 2.24) is 39.6 Å². The molecular weight excluding hydrogens is 474 g/mol. The summed E-state index contributed by atoms with van der Waals surface area (Å²) in [7, 11) is 3.85. The molecule has 37 heavy (non-hydrogen) atoms. The first-order valence-corrected chi connectivity index (χ1v) is 12.0. The Morgan fingerprint density at radius 3 is 2.92 bits per heavy atom. The Balaban J connectivity index is 1.69. The Kier molecular flexibility index (Phi) is 6.64. The molecule has 192 valence electrons. The molecule has 0 saturated carbocycles. The smallest absolute Gasteiger partial charge is 0.241 e. The van der Waals surface area contributed by atoms with E-state index >= 15 is 0 Å². The first-order chi connectivity index (χ1) is 17.9. The molecule has 1 aliphatic heterocycles. The number of H-pyrrole nitrogens is 1. The zero-order valence-electron chi connectivity index (χ0n) is 21.3. The lowest BCUT2D eigenvalue weighted by Crippen LogP contribution is -2.27. The summed E-state index contributed by atoms with van der Waals surface area (Å²) < 4.78 is 15.4. The number of aliphatic hydroxyl groups excluding tert-OH is 1. The number of fused-ring (bicyclic) bond motifs is 4. The van der Waals surface area contributed by atoms with Crippen molar-refractivity contribution in [3.8, 4) is 29.1 Å². The van der Waals surface area contributed by atoms with Crippen LogP contribution in [0.25, 0.3) is 34.3 Å². The lowest BCUT2D eigenvalue weighted by molar-refractivity contribution is 0.204. The second kappa shape index (κ2) is 10.0. The molecule has 0 amide bonds. The monoisotopic (exact) mass is 503 g/mol. The number of aliphatic hydroxyl groups is 1. The van der Waals surface area contributed by atoms with Gasteiger partial charge in [-0.05, 0) is 39.1 Å². The minimum Gasteiger partial charge on any atom is -0.476 e. The Hall–Kier alpha value is -4.21. The molecule has 2 N–H and O–H groups in total. The summed E-state index contributed by atoms with van der Waals surface area (Å²) in [4.78, 5) is 6.76. The van der Waals surface area contributed by atoms with E-state index in [2.05, 4.69) is 30.3 Å². The number of aromatic nitrogens is 7. The molecule has 0 aromatic carbocycles. The van der Waals surface area contributed by atoms with Gasteiger partial charge in [-0.15, -0.1) is 5.10 Å².